The third kappa shape index (κ3) is 4.20. The van der Waals surface area contributed by atoms with E-state index in [4.69, 9.17) is 10.5 Å². The second kappa shape index (κ2) is 6.73. The fraction of sp³-hybridized carbons (Fsp3) is 0.600. The van der Waals surface area contributed by atoms with Crippen molar-refractivity contribution in [2.75, 3.05) is 24.6 Å². The lowest BCUT2D eigenvalue weighted by atomic mass is 10.0. The monoisotopic (exact) mass is 326 g/mol. The Morgan fingerprint density at radius 2 is 2.32 bits per heavy atom. The van der Waals surface area contributed by atoms with Crippen molar-refractivity contribution in [2.45, 2.75) is 38.8 Å². The topological polar surface area (TPSA) is 38.5 Å². The number of anilines is 1. The van der Waals surface area contributed by atoms with Crippen LogP contribution < -0.4 is 10.6 Å². The average molecular weight is 327 g/mol. The van der Waals surface area contributed by atoms with Crippen LogP contribution in [0.3, 0.4) is 0 Å². The maximum atomic E-state index is 5.97. The summed E-state index contributed by atoms with van der Waals surface area (Å²) < 4.78 is 6.84. The highest BCUT2D eigenvalue weighted by Crippen LogP contribution is 2.27. The summed E-state index contributed by atoms with van der Waals surface area (Å²) >= 11 is 3.55. The standard InChI is InChI=1S/C15H23BrN2O/c1-11(17)8-13-9-14(16)4-5-15(13)18-6-3-7-19-12(2)10-18/h4-5,9,11-12H,3,6-8,10,17H2,1-2H3. The Balaban J connectivity index is 2.26. The van der Waals surface area contributed by atoms with Crippen molar-refractivity contribution < 1.29 is 4.74 Å². The predicted octanol–water partition coefficient (Wildman–Crippen LogP) is 2.95. The van der Waals surface area contributed by atoms with E-state index < -0.39 is 0 Å². The lowest BCUT2D eigenvalue weighted by Gasteiger charge is -2.27. The third-order valence-electron chi connectivity index (χ3n) is 3.38. The van der Waals surface area contributed by atoms with E-state index >= 15 is 0 Å². The minimum Gasteiger partial charge on any atom is -0.377 e. The summed E-state index contributed by atoms with van der Waals surface area (Å²) in [5, 5.41) is 0. The summed E-state index contributed by atoms with van der Waals surface area (Å²) in [6.07, 6.45) is 2.27. The molecule has 1 aromatic carbocycles. The van der Waals surface area contributed by atoms with Gasteiger partial charge >= 0.3 is 0 Å². The summed E-state index contributed by atoms with van der Waals surface area (Å²) in [6, 6.07) is 6.67. The summed E-state index contributed by atoms with van der Waals surface area (Å²) in [7, 11) is 0. The van der Waals surface area contributed by atoms with Crippen LogP contribution in [0.25, 0.3) is 0 Å². The Hall–Kier alpha value is -0.580. The molecular formula is C15H23BrN2O. The molecule has 2 atom stereocenters. The molecule has 2 N–H and O–H groups in total. The van der Waals surface area contributed by atoms with E-state index in [0.717, 1.165) is 37.0 Å². The highest BCUT2D eigenvalue weighted by molar-refractivity contribution is 9.10. The maximum Gasteiger partial charge on any atom is 0.0721 e. The van der Waals surface area contributed by atoms with Crippen molar-refractivity contribution in [3.63, 3.8) is 0 Å². The Morgan fingerprint density at radius 3 is 3.05 bits per heavy atom. The Kier molecular flexibility index (Phi) is 5.25. The summed E-state index contributed by atoms with van der Waals surface area (Å²) in [4.78, 5) is 2.43. The highest BCUT2D eigenvalue weighted by Gasteiger charge is 2.18. The van der Waals surface area contributed by atoms with Crippen molar-refractivity contribution in [2.24, 2.45) is 5.73 Å². The molecule has 0 saturated carbocycles. The maximum absolute atomic E-state index is 5.97. The van der Waals surface area contributed by atoms with Crippen LogP contribution in [0.15, 0.2) is 22.7 Å². The normalized spacial score (nSPS) is 22.1. The van der Waals surface area contributed by atoms with Crippen molar-refractivity contribution in [3.8, 4) is 0 Å². The lowest BCUT2D eigenvalue weighted by Crippen LogP contribution is -2.31. The zero-order valence-electron chi connectivity index (χ0n) is 11.7. The molecule has 1 fully saturated rings. The van der Waals surface area contributed by atoms with Gasteiger partial charge in [-0.25, -0.2) is 0 Å². The molecule has 0 spiro atoms. The van der Waals surface area contributed by atoms with Gasteiger partial charge in [0.15, 0.2) is 0 Å². The molecule has 19 heavy (non-hydrogen) atoms. The summed E-state index contributed by atoms with van der Waals surface area (Å²) in [5.41, 5.74) is 8.59. The first kappa shape index (κ1) is 14.8. The van der Waals surface area contributed by atoms with Gasteiger partial charge in [-0.1, -0.05) is 15.9 Å². The molecule has 1 saturated heterocycles. The third-order valence-corrected chi connectivity index (χ3v) is 3.87. The van der Waals surface area contributed by atoms with E-state index in [1.807, 2.05) is 0 Å². The van der Waals surface area contributed by atoms with Gasteiger partial charge in [-0.05, 0) is 50.5 Å². The fourth-order valence-electron chi connectivity index (χ4n) is 2.59. The first-order valence-electron chi connectivity index (χ1n) is 6.97. The number of benzene rings is 1. The highest BCUT2D eigenvalue weighted by atomic mass is 79.9. The van der Waals surface area contributed by atoms with Crippen molar-refractivity contribution in [1.82, 2.24) is 0 Å². The number of rotatable bonds is 3. The largest absolute Gasteiger partial charge is 0.377 e. The van der Waals surface area contributed by atoms with E-state index in [9.17, 15) is 0 Å². The van der Waals surface area contributed by atoms with Crippen LogP contribution in [-0.4, -0.2) is 31.8 Å². The van der Waals surface area contributed by atoms with Gasteiger partial charge in [0.1, 0.15) is 0 Å². The molecule has 4 heteroatoms. The van der Waals surface area contributed by atoms with Crippen LogP contribution in [0.5, 0.6) is 0 Å². The van der Waals surface area contributed by atoms with E-state index in [2.05, 4.69) is 52.9 Å². The average Bonchev–Trinajstić information content (AvgIpc) is 2.53. The van der Waals surface area contributed by atoms with Crippen LogP contribution in [0, 0.1) is 0 Å². The van der Waals surface area contributed by atoms with Gasteiger partial charge in [-0.3, -0.25) is 0 Å². The van der Waals surface area contributed by atoms with Crippen molar-refractivity contribution >= 4 is 21.6 Å². The first-order valence-corrected chi connectivity index (χ1v) is 7.76. The van der Waals surface area contributed by atoms with Gasteiger partial charge in [0, 0.05) is 35.9 Å². The molecule has 0 aromatic heterocycles. The van der Waals surface area contributed by atoms with Crippen molar-refractivity contribution in [1.29, 1.82) is 0 Å². The molecule has 2 rings (SSSR count). The molecule has 1 aliphatic rings. The van der Waals surface area contributed by atoms with Gasteiger partial charge in [0.05, 0.1) is 6.10 Å². The molecule has 0 radical (unpaired) electrons. The molecule has 3 nitrogen and oxygen atoms in total. The Morgan fingerprint density at radius 1 is 1.53 bits per heavy atom. The Bertz CT molecular complexity index is 423. The zero-order chi connectivity index (χ0) is 13.8. The zero-order valence-corrected chi connectivity index (χ0v) is 13.3. The number of nitrogens with two attached hydrogens (primary N) is 1. The van der Waals surface area contributed by atoms with Gasteiger partial charge in [-0.2, -0.15) is 0 Å². The molecule has 0 amide bonds. The van der Waals surface area contributed by atoms with E-state index in [0.29, 0.717) is 0 Å². The number of hydrogen-bond acceptors (Lipinski definition) is 3. The minimum absolute atomic E-state index is 0.175. The van der Waals surface area contributed by atoms with Gasteiger partial charge < -0.3 is 15.4 Å². The van der Waals surface area contributed by atoms with Crippen LogP contribution in [0.4, 0.5) is 5.69 Å². The van der Waals surface area contributed by atoms with Crippen LogP contribution >= 0.6 is 15.9 Å². The number of hydrogen-bond donors (Lipinski definition) is 1. The van der Waals surface area contributed by atoms with Crippen LogP contribution in [-0.2, 0) is 11.2 Å². The van der Waals surface area contributed by atoms with E-state index in [1.165, 1.54) is 11.3 Å². The van der Waals surface area contributed by atoms with Gasteiger partial charge in [0.2, 0.25) is 0 Å². The van der Waals surface area contributed by atoms with E-state index in [-0.39, 0.29) is 12.1 Å². The predicted molar refractivity (Wildman–Crippen MR) is 83.7 cm³/mol. The van der Waals surface area contributed by atoms with Crippen LogP contribution in [0.1, 0.15) is 25.8 Å². The molecule has 0 bridgehead atoms. The SMILES string of the molecule is CC(N)Cc1cc(Br)ccc1N1CCCOC(C)C1. The molecule has 1 aliphatic heterocycles. The van der Waals surface area contributed by atoms with E-state index in [1.54, 1.807) is 0 Å². The Labute approximate surface area is 124 Å². The summed E-state index contributed by atoms with van der Waals surface area (Å²) in [6.45, 7) is 7.06. The molecule has 2 unspecified atom stereocenters. The van der Waals surface area contributed by atoms with Gasteiger partial charge in [0.25, 0.3) is 0 Å². The molecule has 1 heterocycles. The molecular weight excluding hydrogens is 304 g/mol. The molecule has 0 aliphatic carbocycles. The smallest absolute Gasteiger partial charge is 0.0721 e. The first-order chi connectivity index (χ1) is 9.06. The second-order valence-electron chi connectivity index (χ2n) is 5.44. The quantitative estimate of drug-likeness (QED) is 0.928. The molecule has 1 aromatic rings. The lowest BCUT2D eigenvalue weighted by molar-refractivity contribution is 0.0821. The fourth-order valence-corrected chi connectivity index (χ4v) is 2.99. The van der Waals surface area contributed by atoms with Crippen LogP contribution in [0.2, 0.25) is 0 Å². The number of nitrogens with zero attached hydrogens (tertiary/aromatic N) is 1. The summed E-state index contributed by atoms with van der Waals surface area (Å²) in [5.74, 6) is 0. The minimum atomic E-state index is 0.175. The van der Waals surface area contributed by atoms with Gasteiger partial charge in [-0.15, -0.1) is 0 Å². The van der Waals surface area contributed by atoms with Crippen molar-refractivity contribution in [3.05, 3.63) is 28.2 Å². The number of halogens is 1. The molecule has 106 valence electrons. The second-order valence-corrected chi connectivity index (χ2v) is 6.35. The number of ether oxygens (including phenoxy) is 1.